The average molecular weight is 259 g/mol. The summed E-state index contributed by atoms with van der Waals surface area (Å²) in [6.45, 7) is 3.38. The molecule has 0 aliphatic rings. The molecule has 1 amide bonds. The fourth-order valence-electron chi connectivity index (χ4n) is 1.70. The van der Waals surface area contributed by atoms with Gasteiger partial charge in [0.2, 0.25) is 0 Å². The van der Waals surface area contributed by atoms with E-state index in [1.54, 1.807) is 13.8 Å². The summed E-state index contributed by atoms with van der Waals surface area (Å²) >= 11 is 0. The van der Waals surface area contributed by atoms with Crippen molar-refractivity contribution in [2.75, 3.05) is 14.1 Å². The van der Waals surface area contributed by atoms with Gasteiger partial charge in [0.15, 0.2) is 0 Å². The molecule has 0 saturated carbocycles. The van der Waals surface area contributed by atoms with Gasteiger partial charge in [-0.3, -0.25) is 4.79 Å². The number of carbonyl (C=O) groups excluding carboxylic acids is 1. The molecule has 0 aliphatic heterocycles. The first kappa shape index (κ1) is 14.5. The highest BCUT2D eigenvalue weighted by Gasteiger charge is 2.34. The van der Waals surface area contributed by atoms with Gasteiger partial charge in [-0.1, -0.05) is 19.9 Å². The average Bonchev–Trinajstić information content (AvgIpc) is 2.25. The molecule has 0 radical (unpaired) electrons. The van der Waals surface area contributed by atoms with Gasteiger partial charge in [-0.25, -0.2) is 0 Å². The molecule has 0 aromatic heterocycles. The number of rotatable bonds is 2. The SMILES string of the molecule is CC(C)c1ccc(C(=O)N(C)C)cc1C(F)(F)F. The van der Waals surface area contributed by atoms with Gasteiger partial charge in [0, 0.05) is 19.7 Å². The maximum absolute atomic E-state index is 12.9. The quantitative estimate of drug-likeness (QED) is 0.795. The van der Waals surface area contributed by atoms with Gasteiger partial charge < -0.3 is 4.90 Å². The van der Waals surface area contributed by atoms with Crippen LogP contribution in [-0.4, -0.2) is 24.9 Å². The molecule has 0 bridgehead atoms. The lowest BCUT2D eigenvalue weighted by atomic mass is 9.94. The maximum Gasteiger partial charge on any atom is 0.416 e. The van der Waals surface area contributed by atoms with E-state index in [1.165, 1.54) is 31.1 Å². The van der Waals surface area contributed by atoms with Crippen molar-refractivity contribution < 1.29 is 18.0 Å². The molecule has 0 aliphatic carbocycles. The summed E-state index contributed by atoms with van der Waals surface area (Å²) in [4.78, 5) is 12.9. The molecule has 0 spiro atoms. The van der Waals surface area contributed by atoms with Crippen molar-refractivity contribution >= 4 is 5.91 Å². The molecule has 1 aromatic rings. The van der Waals surface area contributed by atoms with E-state index < -0.39 is 17.6 Å². The largest absolute Gasteiger partial charge is 0.416 e. The fourth-order valence-corrected chi connectivity index (χ4v) is 1.70. The van der Waals surface area contributed by atoms with E-state index in [4.69, 9.17) is 0 Å². The Morgan fingerprint density at radius 2 is 1.78 bits per heavy atom. The van der Waals surface area contributed by atoms with Gasteiger partial charge in [-0.05, 0) is 23.6 Å². The van der Waals surface area contributed by atoms with E-state index in [-0.39, 0.29) is 17.0 Å². The van der Waals surface area contributed by atoms with E-state index in [1.807, 2.05) is 0 Å². The van der Waals surface area contributed by atoms with Crippen LogP contribution in [0.1, 0.15) is 41.3 Å². The molecule has 0 N–H and O–H groups in total. The van der Waals surface area contributed by atoms with Crippen LogP contribution in [0.15, 0.2) is 18.2 Å². The van der Waals surface area contributed by atoms with Crippen LogP contribution in [0.3, 0.4) is 0 Å². The molecule has 100 valence electrons. The lowest BCUT2D eigenvalue weighted by Crippen LogP contribution is -2.22. The van der Waals surface area contributed by atoms with E-state index in [2.05, 4.69) is 0 Å². The standard InChI is InChI=1S/C13H16F3NO/c1-8(2)10-6-5-9(12(18)17(3)4)7-11(10)13(14,15)16/h5-8H,1-4H3. The van der Waals surface area contributed by atoms with E-state index in [9.17, 15) is 18.0 Å². The van der Waals surface area contributed by atoms with Crippen molar-refractivity contribution in [3.63, 3.8) is 0 Å². The van der Waals surface area contributed by atoms with Crippen LogP contribution in [0.25, 0.3) is 0 Å². The predicted molar refractivity (Wildman–Crippen MR) is 63.6 cm³/mol. The first-order chi connectivity index (χ1) is 8.14. The van der Waals surface area contributed by atoms with Crippen molar-refractivity contribution in [3.05, 3.63) is 34.9 Å². The third-order valence-electron chi connectivity index (χ3n) is 2.63. The minimum atomic E-state index is -4.44. The minimum absolute atomic E-state index is 0.0525. The molecule has 2 nitrogen and oxygen atoms in total. The van der Waals surface area contributed by atoms with Crippen LogP contribution >= 0.6 is 0 Å². The summed E-state index contributed by atoms with van der Waals surface area (Å²) in [5, 5.41) is 0. The number of carbonyl (C=O) groups is 1. The Hall–Kier alpha value is -1.52. The molecule has 5 heteroatoms. The smallest absolute Gasteiger partial charge is 0.345 e. The number of nitrogens with zero attached hydrogens (tertiary/aromatic N) is 1. The van der Waals surface area contributed by atoms with E-state index in [0.717, 1.165) is 6.07 Å². The van der Waals surface area contributed by atoms with E-state index in [0.29, 0.717) is 0 Å². The number of halogens is 3. The lowest BCUT2D eigenvalue weighted by molar-refractivity contribution is -0.138. The summed E-state index contributed by atoms with van der Waals surface area (Å²) in [7, 11) is 3.01. The van der Waals surface area contributed by atoms with Crippen molar-refractivity contribution in [1.82, 2.24) is 4.90 Å². The number of benzene rings is 1. The van der Waals surface area contributed by atoms with Crippen molar-refractivity contribution in [2.45, 2.75) is 25.9 Å². The van der Waals surface area contributed by atoms with Crippen LogP contribution < -0.4 is 0 Å². The monoisotopic (exact) mass is 259 g/mol. The van der Waals surface area contributed by atoms with Crippen LogP contribution in [0.5, 0.6) is 0 Å². The zero-order valence-electron chi connectivity index (χ0n) is 10.8. The molecular formula is C13H16F3NO. The van der Waals surface area contributed by atoms with Crippen LogP contribution in [-0.2, 0) is 6.18 Å². The van der Waals surface area contributed by atoms with Gasteiger partial charge in [-0.15, -0.1) is 0 Å². The molecule has 0 atom stereocenters. The van der Waals surface area contributed by atoms with Crippen molar-refractivity contribution in [1.29, 1.82) is 0 Å². The highest BCUT2D eigenvalue weighted by atomic mass is 19.4. The third kappa shape index (κ3) is 3.03. The first-order valence-corrected chi connectivity index (χ1v) is 5.57. The van der Waals surface area contributed by atoms with Crippen LogP contribution in [0, 0.1) is 0 Å². The Labute approximate surface area is 104 Å². The van der Waals surface area contributed by atoms with Gasteiger partial charge in [-0.2, -0.15) is 13.2 Å². The van der Waals surface area contributed by atoms with Gasteiger partial charge in [0.05, 0.1) is 5.56 Å². The molecule has 0 fully saturated rings. The lowest BCUT2D eigenvalue weighted by Gasteiger charge is -2.18. The Balaban J connectivity index is 3.35. The second kappa shape index (κ2) is 5.00. The molecule has 1 aromatic carbocycles. The Bertz CT molecular complexity index is 450. The highest BCUT2D eigenvalue weighted by Crippen LogP contribution is 2.35. The van der Waals surface area contributed by atoms with Gasteiger partial charge in [0.25, 0.3) is 5.91 Å². The first-order valence-electron chi connectivity index (χ1n) is 5.57. The molecule has 0 heterocycles. The zero-order valence-corrected chi connectivity index (χ0v) is 10.8. The van der Waals surface area contributed by atoms with Crippen LogP contribution in [0.4, 0.5) is 13.2 Å². The molecule has 18 heavy (non-hydrogen) atoms. The predicted octanol–water partition coefficient (Wildman–Crippen LogP) is 3.53. The molecule has 0 saturated heterocycles. The number of hydrogen-bond acceptors (Lipinski definition) is 1. The zero-order chi connectivity index (χ0) is 14.1. The summed E-state index contributed by atoms with van der Waals surface area (Å²) in [6.07, 6.45) is -4.44. The van der Waals surface area contributed by atoms with Gasteiger partial charge >= 0.3 is 6.18 Å². The van der Waals surface area contributed by atoms with Crippen molar-refractivity contribution in [3.8, 4) is 0 Å². The minimum Gasteiger partial charge on any atom is -0.345 e. The summed E-state index contributed by atoms with van der Waals surface area (Å²) < 4.78 is 38.8. The fraction of sp³-hybridized carbons (Fsp3) is 0.462. The van der Waals surface area contributed by atoms with Gasteiger partial charge in [0.1, 0.15) is 0 Å². The molecule has 0 unspecified atom stereocenters. The maximum atomic E-state index is 12.9. The Kier molecular flexibility index (Phi) is 4.04. The third-order valence-corrected chi connectivity index (χ3v) is 2.63. The summed E-state index contributed by atoms with van der Waals surface area (Å²) in [5.41, 5.74) is -0.472. The highest BCUT2D eigenvalue weighted by molar-refractivity contribution is 5.94. The second-order valence-corrected chi connectivity index (χ2v) is 4.65. The number of amides is 1. The summed E-state index contributed by atoms with van der Waals surface area (Å²) in [5.74, 6) is -0.680. The molecular weight excluding hydrogens is 243 g/mol. The number of alkyl halides is 3. The molecule has 1 rings (SSSR count). The summed E-state index contributed by atoms with van der Waals surface area (Å²) in [6, 6.07) is 3.74. The second-order valence-electron chi connectivity index (χ2n) is 4.65. The number of hydrogen-bond donors (Lipinski definition) is 0. The topological polar surface area (TPSA) is 20.3 Å². The normalized spacial score (nSPS) is 11.8. The van der Waals surface area contributed by atoms with Crippen LogP contribution in [0.2, 0.25) is 0 Å². The van der Waals surface area contributed by atoms with E-state index >= 15 is 0 Å². The Morgan fingerprint density at radius 1 is 1.22 bits per heavy atom. The van der Waals surface area contributed by atoms with Crippen molar-refractivity contribution in [2.24, 2.45) is 0 Å². The Morgan fingerprint density at radius 3 is 2.17 bits per heavy atom.